The Morgan fingerprint density at radius 3 is 2.12 bits per heavy atom. The lowest BCUT2D eigenvalue weighted by Crippen LogP contribution is -2.35. The zero-order valence-electron chi connectivity index (χ0n) is 16.5. The van der Waals surface area contributed by atoms with Crippen LogP contribution in [-0.2, 0) is 11.8 Å². The van der Waals surface area contributed by atoms with E-state index >= 15 is 0 Å². The standard InChI is InChI=1S/C21H35N5/c1-25-13-4-6-15-26(16-7-5-14-25)19-17-9-8-12-21(10-2-3-11-21)18(17)23-20(22)24-19/h2-16H2,1H3,(H2,22,23,24). The number of hydrogen-bond donors (Lipinski definition) is 1. The Kier molecular flexibility index (Phi) is 5.35. The monoisotopic (exact) mass is 357 g/mol. The maximum Gasteiger partial charge on any atom is 0.222 e. The van der Waals surface area contributed by atoms with Crippen molar-refractivity contribution in [1.29, 1.82) is 0 Å². The molecule has 1 saturated carbocycles. The van der Waals surface area contributed by atoms with Gasteiger partial charge < -0.3 is 15.5 Å². The van der Waals surface area contributed by atoms with Crippen LogP contribution >= 0.6 is 0 Å². The summed E-state index contributed by atoms with van der Waals surface area (Å²) in [6.07, 6.45) is 14.0. The van der Waals surface area contributed by atoms with Crippen LogP contribution in [0, 0.1) is 0 Å². The second-order valence-corrected chi connectivity index (χ2v) is 8.78. The van der Waals surface area contributed by atoms with E-state index in [9.17, 15) is 0 Å². The molecule has 4 rings (SSSR count). The Morgan fingerprint density at radius 2 is 1.42 bits per heavy atom. The van der Waals surface area contributed by atoms with Crippen molar-refractivity contribution in [2.75, 3.05) is 43.9 Å². The van der Waals surface area contributed by atoms with E-state index in [4.69, 9.17) is 15.7 Å². The van der Waals surface area contributed by atoms with E-state index in [1.54, 1.807) is 0 Å². The summed E-state index contributed by atoms with van der Waals surface area (Å²) in [4.78, 5) is 14.6. The molecule has 0 bridgehead atoms. The normalized spacial score (nSPS) is 24.6. The second-order valence-electron chi connectivity index (χ2n) is 8.78. The van der Waals surface area contributed by atoms with Gasteiger partial charge in [0.05, 0.1) is 5.69 Å². The van der Waals surface area contributed by atoms with Gasteiger partial charge in [-0.15, -0.1) is 0 Å². The molecule has 2 aliphatic carbocycles. The number of nitrogen functional groups attached to an aromatic ring is 1. The number of rotatable bonds is 1. The third-order valence-electron chi connectivity index (χ3n) is 6.88. The first-order chi connectivity index (χ1) is 12.7. The molecule has 2 N–H and O–H groups in total. The average Bonchev–Trinajstić information content (AvgIpc) is 3.10. The van der Waals surface area contributed by atoms with Gasteiger partial charge in [-0.1, -0.05) is 12.8 Å². The molecule has 0 radical (unpaired) electrons. The van der Waals surface area contributed by atoms with Crippen molar-refractivity contribution < 1.29 is 0 Å². The van der Waals surface area contributed by atoms with E-state index in [0.29, 0.717) is 11.4 Å². The van der Waals surface area contributed by atoms with Crippen molar-refractivity contribution in [3.63, 3.8) is 0 Å². The van der Waals surface area contributed by atoms with Gasteiger partial charge in [0.2, 0.25) is 5.95 Å². The van der Waals surface area contributed by atoms with E-state index in [1.165, 1.54) is 94.4 Å². The summed E-state index contributed by atoms with van der Waals surface area (Å²) in [5, 5.41) is 0. The first-order valence-corrected chi connectivity index (χ1v) is 10.8. The van der Waals surface area contributed by atoms with E-state index < -0.39 is 0 Å². The second kappa shape index (κ2) is 7.71. The summed E-state index contributed by atoms with van der Waals surface area (Å²) in [6.45, 7) is 4.62. The fourth-order valence-corrected chi connectivity index (χ4v) is 5.48. The Bertz CT molecular complexity index is 611. The van der Waals surface area contributed by atoms with Gasteiger partial charge in [-0.3, -0.25) is 0 Å². The Labute approximate surface area is 158 Å². The van der Waals surface area contributed by atoms with Crippen molar-refractivity contribution in [3.8, 4) is 0 Å². The van der Waals surface area contributed by atoms with Crippen LogP contribution in [0.4, 0.5) is 11.8 Å². The van der Waals surface area contributed by atoms with E-state index in [2.05, 4.69) is 16.8 Å². The fraction of sp³-hybridized carbons (Fsp3) is 0.810. The molecule has 0 aromatic carbocycles. The smallest absolute Gasteiger partial charge is 0.222 e. The minimum atomic E-state index is 0.305. The molecule has 144 valence electrons. The molecule has 0 amide bonds. The van der Waals surface area contributed by atoms with Crippen molar-refractivity contribution >= 4 is 11.8 Å². The highest BCUT2D eigenvalue weighted by molar-refractivity contribution is 5.55. The molecule has 2 fully saturated rings. The lowest BCUT2D eigenvalue weighted by molar-refractivity contribution is 0.313. The fourth-order valence-electron chi connectivity index (χ4n) is 5.48. The van der Waals surface area contributed by atoms with Gasteiger partial charge in [0.25, 0.3) is 0 Å². The van der Waals surface area contributed by atoms with Gasteiger partial charge in [0.1, 0.15) is 5.82 Å². The number of aromatic nitrogens is 2. The molecular formula is C21H35N5. The highest BCUT2D eigenvalue weighted by Gasteiger charge is 2.42. The summed E-state index contributed by atoms with van der Waals surface area (Å²) in [5.74, 6) is 1.66. The maximum atomic E-state index is 6.23. The highest BCUT2D eigenvalue weighted by Crippen LogP contribution is 2.49. The van der Waals surface area contributed by atoms with Crippen LogP contribution in [0.2, 0.25) is 0 Å². The summed E-state index contributed by atoms with van der Waals surface area (Å²) in [6, 6.07) is 0. The average molecular weight is 358 g/mol. The molecule has 1 aromatic heterocycles. The summed E-state index contributed by atoms with van der Waals surface area (Å²) in [5.41, 5.74) is 9.29. The maximum absolute atomic E-state index is 6.23. The molecule has 0 atom stereocenters. The van der Waals surface area contributed by atoms with Gasteiger partial charge in [-0.25, -0.2) is 4.98 Å². The number of fused-ring (bicyclic) bond motifs is 2. The third-order valence-corrected chi connectivity index (χ3v) is 6.88. The first kappa shape index (κ1) is 18.0. The molecule has 2 heterocycles. The SMILES string of the molecule is CN1CCCCN(c2nc(N)nc3c2CCCC32CCCC2)CCCC1. The Balaban J connectivity index is 1.64. The van der Waals surface area contributed by atoms with Gasteiger partial charge in [0.15, 0.2) is 0 Å². The van der Waals surface area contributed by atoms with Crippen molar-refractivity contribution in [3.05, 3.63) is 11.3 Å². The minimum Gasteiger partial charge on any atom is -0.368 e. The zero-order chi connectivity index (χ0) is 18.0. The summed E-state index contributed by atoms with van der Waals surface area (Å²) < 4.78 is 0. The summed E-state index contributed by atoms with van der Waals surface area (Å²) in [7, 11) is 2.25. The lowest BCUT2D eigenvalue weighted by atomic mass is 9.71. The largest absolute Gasteiger partial charge is 0.368 e. The highest BCUT2D eigenvalue weighted by atomic mass is 15.2. The number of nitrogens with two attached hydrogens (primary N) is 1. The molecule has 1 aromatic rings. The number of anilines is 2. The molecule has 1 aliphatic heterocycles. The third kappa shape index (κ3) is 3.55. The van der Waals surface area contributed by atoms with Gasteiger partial charge >= 0.3 is 0 Å². The quantitative estimate of drug-likeness (QED) is 0.833. The Hall–Kier alpha value is -1.36. The predicted octanol–water partition coefficient (Wildman–Crippen LogP) is 3.52. The molecule has 5 heteroatoms. The van der Waals surface area contributed by atoms with E-state index in [0.717, 1.165) is 19.5 Å². The molecule has 3 aliphatic rings. The number of nitrogens with zero attached hydrogens (tertiary/aromatic N) is 4. The van der Waals surface area contributed by atoms with E-state index in [-0.39, 0.29) is 0 Å². The van der Waals surface area contributed by atoms with Crippen LogP contribution in [0.15, 0.2) is 0 Å². The molecule has 26 heavy (non-hydrogen) atoms. The van der Waals surface area contributed by atoms with Gasteiger partial charge in [0, 0.05) is 24.1 Å². The minimum absolute atomic E-state index is 0.305. The lowest BCUT2D eigenvalue weighted by Gasteiger charge is -2.37. The van der Waals surface area contributed by atoms with Crippen molar-refractivity contribution in [1.82, 2.24) is 14.9 Å². The predicted molar refractivity (Wildman–Crippen MR) is 108 cm³/mol. The first-order valence-electron chi connectivity index (χ1n) is 10.8. The number of hydrogen-bond acceptors (Lipinski definition) is 5. The molecule has 0 unspecified atom stereocenters. The van der Waals surface area contributed by atoms with Crippen LogP contribution < -0.4 is 10.6 Å². The van der Waals surface area contributed by atoms with Crippen LogP contribution in [-0.4, -0.2) is 48.1 Å². The van der Waals surface area contributed by atoms with Crippen LogP contribution in [0.5, 0.6) is 0 Å². The molecule has 5 nitrogen and oxygen atoms in total. The van der Waals surface area contributed by atoms with Gasteiger partial charge in [-0.2, -0.15) is 4.98 Å². The zero-order valence-corrected chi connectivity index (χ0v) is 16.5. The molecule has 1 saturated heterocycles. The summed E-state index contributed by atoms with van der Waals surface area (Å²) >= 11 is 0. The van der Waals surface area contributed by atoms with Crippen LogP contribution in [0.3, 0.4) is 0 Å². The van der Waals surface area contributed by atoms with Gasteiger partial charge in [-0.05, 0) is 77.9 Å². The van der Waals surface area contributed by atoms with E-state index in [1.807, 2.05) is 0 Å². The Morgan fingerprint density at radius 1 is 0.808 bits per heavy atom. The van der Waals surface area contributed by atoms with Crippen molar-refractivity contribution in [2.24, 2.45) is 0 Å². The molecular weight excluding hydrogens is 322 g/mol. The molecule has 1 spiro atoms. The topological polar surface area (TPSA) is 58.3 Å². The van der Waals surface area contributed by atoms with Crippen molar-refractivity contribution in [2.45, 2.75) is 76.0 Å². The van der Waals surface area contributed by atoms with Crippen LogP contribution in [0.25, 0.3) is 0 Å². The van der Waals surface area contributed by atoms with Crippen LogP contribution in [0.1, 0.15) is 75.5 Å².